The quantitative estimate of drug-likeness (QED) is 0.789. The van der Waals surface area contributed by atoms with Gasteiger partial charge in [0.05, 0.1) is 28.4 Å². The highest BCUT2D eigenvalue weighted by molar-refractivity contribution is 5.47. The van der Waals surface area contributed by atoms with Crippen LogP contribution in [0.1, 0.15) is 43.8 Å². The molecule has 1 aliphatic rings. The largest absolute Gasteiger partial charge is 0.493 e. The third-order valence-corrected chi connectivity index (χ3v) is 4.73. The molecule has 0 radical (unpaired) electrons. The van der Waals surface area contributed by atoms with Crippen molar-refractivity contribution < 1.29 is 32.7 Å². The average Bonchev–Trinajstić information content (AvgIpc) is 2.78. The molecule has 0 saturated carbocycles. The summed E-state index contributed by atoms with van der Waals surface area (Å²) >= 11 is 0. The number of para-hydroxylation sites is 1. The van der Waals surface area contributed by atoms with Gasteiger partial charge in [0, 0.05) is 17.5 Å². The van der Waals surface area contributed by atoms with Crippen molar-refractivity contribution in [3.05, 3.63) is 59.4 Å². The number of benzene rings is 2. The Balaban J connectivity index is 1.80. The Morgan fingerprint density at radius 2 is 1.93 bits per heavy atom. The van der Waals surface area contributed by atoms with Gasteiger partial charge in [0.1, 0.15) is 5.82 Å². The molecule has 4 nitrogen and oxygen atoms in total. The van der Waals surface area contributed by atoms with Crippen molar-refractivity contribution in [2.75, 3.05) is 33.7 Å². The van der Waals surface area contributed by atoms with Crippen molar-refractivity contribution in [1.82, 2.24) is 4.90 Å². The van der Waals surface area contributed by atoms with Crippen molar-refractivity contribution in [3.63, 3.8) is 0 Å². The van der Waals surface area contributed by atoms with Gasteiger partial charge in [-0.3, -0.25) is 0 Å². The van der Waals surface area contributed by atoms with E-state index in [9.17, 15) is 9.50 Å². The lowest BCUT2D eigenvalue weighted by molar-refractivity contribution is 0.0573. The Morgan fingerprint density at radius 3 is 2.63 bits per heavy atom. The van der Waals surface area contributed by atoms with Crippen LogP contribution < -0.4 is 9.47 Å². The van der Waals surface area contributed by atoms with Crippen LogP contribution in [0.2, 0.25) is 0 Å². The summed E-state index contributed by atoms with van der Waals surface area (Å²) in [5.41, 5.74) is -0.000405. The van der Waals surface area contributed by atoms with E-state index >= 15 is 0 Å². The molecule has 0 aromatic heterocycles. The van der Waals surface area contributed by atoms with Crippen molar-refractivity contribution in [2.24, 2.45) is 5.92 Å². The number of hydrogen-bond donors (Lipinski definition) is 1. The Labute approximate surface area is 174 Å². The maximum absolute atomic E-state index is 13.3. The molecule has 1 N–H and O–H groups in total. The Kier molecular flexibility index (Phi) is 3.56. The van der Waals surface area contributed by atoms with Gasteiger partial charge in [-0.2, -0.15) is 0 Å². The number of nitrogens with zero attached hydrogens (tertiary/aromatic N) is 1. The minimum atomic E-state index is -2.95. The smallest absolute Gasteiger partial charge is 0.166 e. The molecule has 1 saturated heterocycles. The first-order valence-electron chi connectivity index (χ1n) is 13.6. The predicted molar refractivity (Wildman–Crippen MR) is 104 cm³/mol. The van der Waals surface area contributed by atoms with E-state index < -0.39 is 50.5 Å². The molecule has 0 spiro atoms. The highest BCUT2D eigenvalue weighted by Gasteiger charge is 2.28. The van der Waals surface area contributed by atoms with Crippen LogP contribution in [0, 0.1) is 11.7 Å². The zero-order valence-corrected chi connectivity index (χ0v) is 14.6. The fourth-order valence-electron chi connectivity index (χ4n) is 3.21. The first-order chi connectivity index (χ1) is 16.9. The molecular weight excluding hydrogens is 345 g/mol. The summed E-state index contributed by atoms with van der Waals surface area (Å²) in [6, 6.07) is 8.55. The molecular formula is C22H28FNO3. The number of likely N-dealkylation sites (tertiary alicyclic amines) is 1. The molecule has 0 amide bonds. The van der Waals surface area contributed by atoms with Crippen LogP contribution in [0.25, 0.3) is 0 Å². The molecule has 5 heteroatoms. The summed E-state index contributed by atoms with van der Waals surface area (Å²) < 4.78 is 101. The Hall–Kier alpha value is -2.11. The van der Waals surface area contributed by atoms with Gasteiger partial charge in [0.2, 0.25) is 0 Å². The number of aliphatic hydroxyl groups excluding tert-OH is 1. The lowest BCUT2D eigenvalue weighted by atomic mass is 9.87. The van der Waals surface area contributed by atoms with Gasteiger partial charge in [-0.05, 0) is 62.0 Å². The molecule has 0 unspecified atom stereocenters. The molecule has 146 valence electrons. The third kappa shape index (κ3) is 4.79. The fourth-order valence-corrected chi connectivity index (χ4v) is 3.21. The number of rotatable bonds is 7. The Morgan fingerprint density at radius 1 is 1.19 bits per heavy atom. The normalized spacial score (nSPS) is 24.4. The lowest BCUT2D eigenvalue weighted by Gasteiger charge is -2.34. The molecule has 27 heavy (non-hydrogen) atoms. The van der Waals surface area contributed by atoms with Gasteiger partial charge in [-0.25, -0.2) is 4.39 Å². The van der Waals surface area contributed by atoms with Crippen LogP contribution in [0.15, 0.2) is 42.5 Å². The maximum atomic E-state index is 13.3. The standard InChI is InChI=1S/C22H28FNO3/c1-26-20-5-3-4-19(22(20)27-2)21(25)17-11-14-24(15-12-17)13-10-16-6-8-18(23)9-7-16/h3-9,17,21,25H,10-15H2,1-2H3/t21-/m1/s1/i1D3,2D3,10D2,13D2. The average molecular weight is 384 g/mol. The van der Waals surface area contributed by atoms with Crippen LogP contribution in [-0.2, 0) is 6.37 Å². The van der Waals surface area contributed by atoms with Crippen LogP contribution >= 0.6 is 0 Å². The van der Waals surface area contributed by atoms with Crippen LogP contribution in [0.5, 0.6) is 11.5 Å². The zero-order valence-electron chi connectivity index (χ0n) is 24.6. The van der Waals surface area contributed by atoms with E-state index in [4.69, 9.17) is 23.2 Å². The molecule has 1 atom stereocenters. The Bertz CT molecular complexity index is 1070. The number of ether oxygens (including phenoxy) is 2. The van der Waals surface area contributed by atoms with Crippen molar-refractivity contribution in [3.8, 4) is 11.5 Å². The summed E-state index contributed by atoms with van der Waals surface area (Å²) in [7, 11) is -5.84. The summed E-state index contributed by atoms with van der Waals surface area (Å²) in [4.78, 5) is 1.31. The second-order valence-electron chi connectivity index (χ2n) is 6.39. The zero-order chi connectivity index (χ0) is 27.8. The highest BCUT2D eigenvalue weighted by Crippen LogP contribution is 2.39. The highest BCUT2D eigenvalue weighted by atomic mass is 19.1. The molecule has 0 bridgehead atoms. The first kappa shape index (κ1) is 10.4. The molecule has 1 fully saturated rings. The fraction of sp³-hybridized carbons (Fsp3) is 0.455. The summed E-state index contributed by atoms with van der Waals surface area (Å²) in [6.07, 6.45) is -3.32. The molecule has 1 aliphatic heterocycles. The number of halogens is 1. The maximum Gasteiger partial charge on any atom is 0.166 e. The van der Waals surface area contributed by atoms with E-state index in [1.165, 1.54) is 35.2 Å². The summed E-state index contributed by atoms with van der Waals surface area (Å²) in [6.45, 7) is -2.32. The number of aliphatic hydroxyl groups is 1. The molecule has 2 aromatic rings. The van der Waals surface area contributed by atoms with E-state index in [1.54, 1.807) is 0 Å². The second kappa shape index (κ2) is 9.20. The topological polar surface area (TPSA) is 41.9 Å². The minimum absolute atomic E-state index is 0.0148. The van der Waals surface area contributed by atoms with Gasteiger partial charge in [0.15, 0.2) is 11.5 Å². The first-order valence-corrected chi connectivity index (χ1v) is 8.62. The van der Waals surface area contributed by atoms with Gasteiger partial charge in [-0.1, -0.05) is 24.3 Å². The molecule has 0 aliphatic carbocycles. The second-order valence-corrected chi connectivity index (χ2v) is 6.39. The molecule has 2 aromatic carbocycles. The van der Waals surface area contributed by atoms with Crippen molar-refractivity contribution in [2.45, 2.75) is 25.3 Å². The number of piperidine rings is 1. The monoisotopic (exact) mass is 383 g/mol. The molecule has 1 heterocycles. The van der Waals surface area contributed by atoms with Gasteiger partial charge < -0.3 is 19.5 Å². The van der Waals surface area contributed by atoms with Gasteiger partial charge >= 0.3 is 0 Å². The predicted octanol–water partition coefficient (Wildman–Crippen LogP) is 3.83. The van der Waals surface area contributed by atoms with E-state index in [1.807, 2.05) is 0 Å². The van der Waals surface area contributed by atoms with Crippen LogP contribution in [0.3, 0.4) is 0 Å². The van der Waals surface area contributed by atoms with Crippen LogP contribution in [-0.4, -0.2) is 43.7 Å². The summed E-state index contributed by atoms with van der Waals surface area (Å²) in [5.74, 6) is -1.85. The number of hydrogen-bond acceptors (Lipinski definition) is 4. The molecule has 3 rings (SSSR count). The van der Waals surface area contributed by atoms with E-state index in [-0.39, 0.29) is 42.8 Å². The van der Waals surface area contributed by atoms with Crippen molar-refractivity contribution >= 4 is 0 Å². The SMILES string of the molecule is [2H]C([2H])([2H])Oc1cccc([C@H](O)C2CCN(C([2H])([2H])C([2H])([2H])c3ccc(F)cc3)CC2)c1OC([2H])([2H])[2H]. The number of aryl methyl sites for hydroxylation is 1. The third-order valence-electron chi connectivity index (χ3n) is 4.73. The van der Waals surface area contributed by atoms with E-state index in [2.05, 4.69) is 0 Å². The van der Waals surface area contributed by atoms with E-state index in [0.29, 0.717) is 0 Å². The van der Waals surface area contributed by atoms with Crippen molar-refractivity contribution in [1.29, 1.82) is 0 Å². The van der Waals surface area contributed by atoms with E-state index in [0.717, 1.165) is 12.1 Å². The van der Waals surface area contributed by atoms with Crippen LogP contribution in [0.4, 0.5) is 4.39 Å². The minimum Gasteiger partial charge on any atom is -0.493 e. The summed E-state index contributed by atoms with van der Waals surface area (Å²) in [5, 5.41) is 11.1. The van der Waals surface area contributed by atoms with Gasteiger partial charge in [0.25, 0.3) is 0 Å². The lowest BCUT2D eigenvalue weighted by Crippen LogP contribution is -2.36. The number of methoxy groups -OCH3 is 2. The van der Waals surface area contributed by atoms with Gasteiger partial charge in [-0.15, -0.1) is 0 Å².